The standard InChI is InChI=1S/C15H30N4O.HI/c1-3-4-7-11-17-15(16-2)18-12-10-14(20)19-13-8-5-6-9-13;/h13H,3-12H2,1-2H3,(H,19,20)(H2,16,17,18);1H. The summed E-state index contributed by atoms with van der Waals surface area (Å²) in [5, 5.41) is 9.53. The monoisotopic (exact) mass is 410 g/mol. The highest BCUT2D eigenvalue weighted by molar-refractivity contribution is 14.0. The molecule has 0 atom stereocenters. The van der Waals surface area contributed by atoms with Crippen LogP contribution in [0.3, 0.4) is 0 Å². The van der Waals surface area contributed by atoms with Crippen LogP contribution in [-0.4, -0.2) is 38.0 Å². The van der Waals surface area contributed by atoms with E-state index in [1.807, 2.05) is 0 Å². The Morgan fingerprint density at radius 1 is 1.14 bits per heavy atom. The van der Waals surface area contributed by atoms with Crippen molar-refractivity contribution in [3.05, 3.63) is 0 Å². The Morgan fingerprint density at radius 3 is 2.43 bits per heavy atom. The molecule has 1 fully saturated rings. The molecule has 0 aromatic rings. The SMILES string of the molecule is CCCCCNC(=NC)NCCC(=O)NC1CCCC1.I. The number of carbonyl (C=O) groups excluding carboxylic acids is 1. The fourth-order valence-corrected chi connectivity index (χ4v) is 2.47. The van der Waals surface area contributed by atoms with Gasteiger partial charge in [0.05, 0.1) is 0 Å². The third kappa shape index (κ3) is 9.92. The molecule has 21 heavy (non-hydrogen) atoms. The number of nitrogens with one attached hydrogen (secondary N) is 3. The second kappa shape index (κ2) is 13.2. The van der Waals surface area contributed by atoms with Crippen molar-refractivity contribution in [2.75, 3.05) is 20.1 Å². The average molecular weight is 410 g/mol. The number of unbranched alkanes of at least 4 members (excludes halogenated alkanes) is 2. The molecule has 1 aliphatic rings. The largest absolute Gasteiger partial charge is 0.356 e. The van der Waals surface area contributed by atoms with E-state index in [1.165, 1.54) is 25.7 Å². The maximum absolute atomic E-state index is 11.8. The van der Waals surface area contributed by atoms with Gasteiger partial charge in [0, 0.05) is 32.6 Å². The molecule has 3 N–H and O–H groups in total. The second-order valence-electron chi connectivity index (χ2n) is 5.43. The van der Waals surface area contributed by atoms with E-state index in [9.17, 15) is 4.79 Å². The predicted molar refractivity (Wildman–Crippen MR) is 99.3 cm³/mol. The molecule has 124 valence electrons. The van der Waals surface area contributed by atoms with Crippen LogP contribution in [0.5, 0.6) is 0 Å². The lowest BCUT2D eigenvalue weighted by Gasteiger charge is -2.14. The molecular formula is C15H31IN4O. The predicted octanol–water partition coefficient (Wildman–Crippen LogP) is 2.41. The molecule has 1 rings (SSSR count). The molecule has 0 unspecified atom stereocenters. The van der Waals surface area contributed by atoms with Crippen molar-refractivity contribution in [2.24, 2.45) is 4.99 Å². The van der Waals surface area contributed by atoms with Crippen molar-refractivity contribution in [1.82, 2.24) is 16.0 Å². The maximum Gasteiger partial charge on any atom is 0.221 e. The van der Waals surface area contributed by atoms with E-state index < -0.39 is 0 Å². The van der Waals surface area contributed by atoms with Crippen LogP contribution in [0.25, 0.3) is 0 Å². The zero-order chi connectivity index (χ0) is 14.6. The summed E-state index contributed by atoms with van der Waals surface area (Å²) < 4.78 is 0. The van der Waals surface area contributed by atoms with Crippen LogP contribution in [0.2, 0.25) is 0 Å². The van der Waals surface area contributed by atoms with Crippen LogP contribution in [-0.2, 0) is 4.79 Å². The quantitative estimate of drug-likeness (QED) is 0.249. The highest BCUT2D eigenvalue weighted by Gasteiger charge is 2.16. The molecule has 6 heteroatoms. The van der Waals surface area contributed by atoms with Gasteiger partial charge in [-0.2, -0.15) is 0 Å². The van der Waals surface area contributed by atoms with Gasteiger partial charge in [0.1, 0.15) is 0 Å². The normalized spacial score (nSPS) is 15.4. The van der Waals surface area contributed by atoms with Crippen molar-refractivity contribution < 1.29 is 4.79 Å². The molecular weight excluding hydrogens is 379 g/mol. The van der Waals surface area contributed by atoms with E-state index in [0.717, 1.165) is 31.8 Å². The molecule has 0 radical (unpaired) electrons. The van der Waals surface area contributed by atoms with Crippen LogP contribution < -0.4 is 16.0 Å². The Balaban J connectivity index is 0.00000400. The summed E-state index contributed by atoms with van der Waals surface area (Å²) in [4.78, 5) is 15.9. The Bertz CT molecular complexity index is 304. The average Bonchev–Trinajstić information content (AvgIpc) is 2.94. The van der Waals surface area contributed by atoms with Crippen LogP contribution in [0.4, 0.5) is 0 Å². The maximum atomic E-state index is 11.8. The number of nitrogens with zero attached hydrogens (tertiary/aromatic N) is 1. The lowest BCUT2D eigenvalue weighted by atomic mass is 10.2. The highest BCUT2D eigenvalue weighted by atomic mass is 127. The first-order valence-electron chi connectivity index (χ1n) is 8.00. The number of amides is 1. The van der Waals surface area contributed by atoms with E-state index in [4.69, 9.17) is 0 Å². The molecule has 0 saturated heterocycles. The summed E-state index contributed by atoms with van der Waals surface area (Å²) in [6, 6.07) is 0.411. The van der Waals surface area contributed by atoms with Crippen LogP contribution in [0.1, 0.15) is 58.3 Å². The summed E-state index contributed by atoms with van der Waals surface area (Å²) in [7, 11) is 1.76. The molecule has 1 saturated carbocycles. The summed E-state index contributed by atoms with van der Waals surface area (Å²) in [5.74, 6) is 0.931. The number of hydrogen-bond donors (Lipinski definition) is 3. The lowest BCUT2D eigenvalue weighted by Crippen LogP contribution is -2.40. The van der Waals surface area contributed by atoms with E-state index in [2.05, 4.69) is 27.9 Å². The number of hydrogen-bond acceptors (Lipinski definition) is 2. The van der Waals surface area contributed by atoms with Gasteiger partial charge >= 0.3 is 0 Å². The molecule has 1 amide bonds. The van der Waals surface area contributed by atoms with E-state index >= 15 is 0 Å². The van der Waals surface area contributed by atoms with E-state index in [1.54, 1.807) is 7.05 Å². The Hall–Kier alpha value is -0.530. The molecule has 0 aromatic carbocycles. The first-order valence-corrected chi connectivity index (χ1v) is 8.00. The summed E-state index contributed by atoms with van der Waals surface area (Å²) in [6.07, 6.45) is 8.88. The topological polar surface area (TPSA) is 65.5 Å². The van der Waals surface area contributed by atoms with Gasteiger partial charge in [0.15, 0.2) is 5.96 Å². The molecule has 5 nitrogen and oxygen atoms in total. The number of carbonyl (C=O) groups is 1. The Morgan fingerprint density at radius 2 is 1.81 bits per heavy atom. The molecule has 0 bridgehead atoms. The van der Waals surface area contributed by atoms with Crippen LogP contribution in [0, 0.1) is 0 Å². The van der Waals surface area contributed by atoms with Crippen molar-refractivity contribution >= 4 is 35.8 Å². The molecule has 0 spiro atoms. The van der Waals surface area contributed by atoms with E-state index in [0.29, 0.717) is 19.0 Å². The zero-order valence-corrected chi connectivity index (χ0v) is 15.7. The zero-order valence-electron chi connectivity index (χ0n) is 13.4. The molecule has 1 aliphatic carbocycles. The third-order valence-corrected chi connectivity index (χ3v) is 3.66. The van der Waals surface area contributed by atoms with Gasteiger partial charge < -0.3 is 16.0 Å². The van der Waals surface area contributed by atoms with Gasteiger partial charge in [-0.25, -0.2) is 0 Å². The minimum atomic E-state index is 0. The number of halogens is 1. The molecule has 0 heterocycles. The second-order valence-corrected chi connectivity index (χ2v) is 5.43. The van der Waals surface area contributed by atoms with Gasteiger partial charge in [0.2, 0.25) is 5.91 Å². The van der Waals surface area contributed by atoms with Crippen LogP contribution >= 0.6 is 24.0 Å². The summed E-state index contributed by atoms with van der Waals surface area (Å²) >= 11 is 0. The highest BCUT2D eigenvalue weighted by Crippen LogP contribution is 2.17. The van der Waals surface area contributed by atoms with Crippen molar-refractivity contribution in [2.45, 2.75) is 64.3 Å². The Labute approximate surface area is 146 Å². The fraction of sp³-hybridized carbons (Fsp3) is 0.867. The smallest absolute Gasteiger partial charge is 0.221 e. The lowest BCUT2D eigenvalue weighted by molar-refractivity contribution is -0.121. The minimum Gasteiger partial charge on any atom is -0.356 e. The van der Waals surface area contributed by atoms with Gasteiger partial charge in [-0.1, -0.05) is 32.6 Å². The van der Waals surface area contributed by atoms with E-state index in [-0.39, 0.29) is 29.9 Å². The van der Waals surface area contributed by atoms with Gasteiger partial charge in [0.25, 0.3) is 0 Å². The molecule has 0 aromatic heterocycles. The number of aliphatic imine (C=N–C) groups is 1. The van der Waals surface area contributed by atoms with Crippen molar-refractivity contribution in [1.29, 1.82) is 0 Å². The molecule has 0 aliphatic heterocycles. The first-order chi connectivity index (χ1) is 9.76. The Kier molecular flexibility index (Phi) is 12.8. The third-order valence-electron chi connectivity index (χ3n) is 3.66. The van der Waals surface area contributed by atoms with Gasteiger partial charge in [-0.3, -0.25) is 9.79 Å². The summed E-state index contributed by atoms with van der Waals surface area (Å²) in [5.41, 5.74) is 0. The minimum absolute atomic E-state index is 0. The van der Waals surface area contributed by atoms with Crippen molar-refractivity contribution in [3.63, 3.8) is 0 Å². The number of guanidine groups is 1. The fourth-order valence-electron chi connectivity index (χ4n) is 2.47. The van der Waals surface area contributed by atoms with Gasteiger partial charge in [-0.15, -0.1) is 24.0 Å². The van der Waals surface area contributed by atoms with Gasteiger partial charge in [-0.05, 0) is 19.3 Å². The number of rotatable bonds is 8. The first kappa shape index (κ1) is 20.5. The van der Waals surface area contributed by atoms with Crippen molar-refractivity contribution in [3.8, 4) is 0 Å². The van der Waals surface area contributed by atoms with Crippen LogP contribution in [0.15, 0.2) is 4.99 Å². The summed E-state index contributed by atoms with van der Waals surface area (Å²) in [6.45, 7) is 3.75.